The Kier molecular flexibility index (Phi) is 12.1. The van der Waals surface area contributed by atoms with Crippen LogP contribution in [-0.4, -0.2) is 145 Å². The van der Waals surface area contributed by atoms with Gasteiger partial charge in [-0.2, -0.15) is 20.2 Å². The number of carbonyl (C=O) groups is 2. The van der Waals surface area contributed by atoms with Gasteiger partial charge in [0.25, 0.3) is 23.8 Å². The summed E-state index contributed by atoms with van der Waals surface area (Å²) in [5.41, 5.74) is 5.05. The monoisotopic (exact) mass is 976 g/mol. The molecule has 4 unspecified atom stereocenters. The fourth-order valence-corrected chi connectivity index (χ4v) is 10.2. The summed E-state index contributed by atoms with van der Waals surface area (Å²) in [7, 11) is 1.84. The molecule has 4 saturated heterocycles. The summed E-state index contributed by atoms with van der Waals surface area (Å²) in [6, 6.07) is 14.9. The van der Waals surface area contributed by atoms with Gasteiger partial charge in [-0.05, 0) is 48.4 Å². The van der Waals surface area contributed by atoms with Crippen molar-refractivity contribution in [3.63, 3.8) is 0 Å². The van der Waals surface area contributed by atoms with Crippen molar-refractivity contribution in [3.05, 3.63) is 84.4 Å². The number of nitrogens with one attached hydrogen (secondary N) is 6. The number of nitrogens with zero attached hydrogens (tertiary/aromatic N) is 12. The summed E-state index contributed by atoms with van der Waals surface area (Å²) in [4.78, 5) is 60.7. The van der Waals surface area contributed by atoms with Gasteiger partial charge in [0, 0.05) is 108 Å². The van der Waals surface area contributed by atoms with Crippen LogP contribution in [0.15, 0.2) is 82.2 Å². The predicted molar refractivity (Wildman–Crippen MR) is 266 cm³/mol. The lowest BCUT2D eigenvalue weighted by Crippen LogP contribution is -2.36. The number of hydrogen-bond acceptors (Lipinski definition) is 20. The normalized spacial score (nSPS) is 19.4. The molecule has 12 rings (SSSR count). The second kappa shape index (κ2) is 19.3. The van der Waals surface area contributed by atoms with Crippen LogP contribution in [0.25, 0.3) is 45.0 Å². The number of carbonyl (C=O) groups excluding carboxylic acids is 2. The molecule has 0 saturated carbocycles. The quantitative estimate of drug-likeness (QED) is 0.0645. The minimum absolute atomic E-state index is 0.0895. The van der Waals surface area contributed by atoms with E-state index in [-0.39, 0.29) is 49.8 Å². The zero-order valence-corrected chi connectivity index (χ0v) is 39.3. The highest BCUT2D eigenvalue weighted by molar-refractivity contribution is 6.10. The Morgan fingerprint density at radius 3 is 2.01 bits per heavy atom. The number of aromatic nitrogens is 10. The van der Waals surface area contributed by atoms with E-state index in [1.165, 1.54) is 0 Å². The van der Waals surface area contributed by atoms with Gasteiger partial charge >= 0.3 is 0 Å². The summed E-state index contributed by atoms with van der Waals surface area (Å²) < 4.78 is 21.3. The first-order chi connectivity index (χ1) is 35.3. The average Bonchev–Trinajstić information content (AvgIpc) is 4.24. The molecule has 0 spiro atoms. The fraction of sp³-hybridized carbons (Fsp3) is 0.375. The molecule has 4 aliphatic heterocycles. The smallest absolute Gasteiger partial charge is 0.297 e. The minimum atomic E-state index is -0.385. The van der Waals surface area contributed by atoms with Gasteiger partial charge < -0.3 is 60.4 Å². The van der Waals surface area contributed by atoms with E-state index >= 15 is 0 Å². The van der Waals surface area contributed by atoms with E-state index in [9.17, 15) is 14.7 Å². The number of aryl methyl sites for hydroxylation is 1. The number of ether oxygens (including phenoxy) is 1. The Morgan fingerprint density at radius 1 is 0.736 bits per heavy atom. The maximum atomic E-state index is 14.1. The van der Waals surface area contributed by atoms with E-state index in [0.29, 0.717) is 99.2 Å². The van der Waals surface area contributed by atoms with Gasteiger partial charge in [-0.3, -0.25) is 14.3 Å². The third-order valence-corrected chi connectivity index (χ3v) is 13.7. The van der Waals surface area contributed by atoms with Gasteiger partial charge in [-0.15, -0.1) is 0 Å². The van der Waals surface area contributed by atoms with E-state index in [0.717, 1.165) is 63.4 Å². The molecule has 2 amide bonds. The Bertz CT molecular complexity index is 3280. The highest BCUT2D eigenvalue weighted by atomic mass is 16.5. The van der Waals surface area contributed by atoms with Crippen molar-refractivity contribution in [1.29, 1.82) is 0 Å². The van der Waals surface area contributed by atoms with E-state index in [4.69, 9.17) is 28.5 Å². The van der Waals surface area contributed by atoms with Crippen LogP contribution in [0.3, 0.4) is 0 Å². The first kappa shape index (κ1) is 45.1. The maximum Gasteiger partial charge on any atom is 0.297 e. The van der Waals surface area contributed by atoms with Crippen LogP contribution < -0.4 is 41.7 Å². The lowest BCUT2D eigenvalue weighted by Gasteiger charge is -2.26. The summed E-state index contributed by atoms with van der Waals surface area (Å²) in [6.45, 7) is 6.90. The summed E-state index contributed by atoms with van der Waals surface area (Å²) in [6.07, 6.45) is 8.10. The molecule has 0 radical (unpaired) electrons. The van der Waals surface area contributed by atoms with Crippen molar-refractivity contribution in [1.82, 2.24) is 60.1 Å². The van der Waals surface area contributed by atoms with Crippen molar-refractivity contribution < 1.29 is 28.3 Å². The second-order valence-corrected chi connectivity index (χ2v) is 18.5. The molecule has 4 aliphatic rings. The number of aliphatic hydroxyl groups excluding tert-OH is 1. The van der Waals surface area contributed by atoms with E-state index in [2.05, 4.69) is 66.8 Å². The topological polar surface area (TPSA) is 282 Å². The maximum absolute atomic E-state index is 14.1. The molecular weight excluding hydrogens is 925 g/mol. The molecule has 8 aromatic rings. The number of fused-ring (bicyclic) bond motifs is 4. The number of pyridine rings is 4. The van der Waals surface area contributed by atoms with Crippen LogP contribution in [0.1, 0.15) is 27.1 Å². The molecular formula is C48H52N18O6. The summed E-state index contributed by atoms with van der Waals surface area (Å²) in [5.74, 6) is 2.51. The van der Waals surface area contributed by atoms with E-state index in [1.54, 1.807) is 46.0 Å². The van der Waals surface area contributed by atoms with Crippen molar-refractivity contribution in [2.75, 3.05) is 103 Å². The van der Waals surface area contributed by atoms with Crippen molar-refractivity contribution in [2.24, 2.45) is 24.8 Å². The fourth-order valence-electron chi connectivity index (χ4n) is 10.2. The highest BCUT2D eigenvalue weighted by Crippen LogP contribution is 2.36. The standard InChI is InChI=1S/C48H52N18O6/c1-63-22-30(19-53-63)34-4-2-6-39(55-34)58-46(69)33-15-38-42(60-44(33)66-11-8-27-16-50-21-36(27)66)62-48(72-38)52-10-13-70-26-65-25-31(20-54-65)35-5-3-7-40(56-35)57-45(68)32-14-37-41(61-47(71-37)51-9-12-67)59-43(32)64-23-28-17-49-18-29(28)24-64/h2-7,14-15,19-20,22,25,27-29,36,49-50,67H,8-13,16-18,21,23-24,26H2,1H3,(H,51,59,61)(H,52,60,62)(H,55,58,69)(H,56,57,68). The Hall–Kier alpha value is -8.06. The molecule has 4 atom stereocenters. The lowest BCUT2D eigenvalue weighted by molar-refractivity contribution is 0.0763. The number of aliphatic hydroxyl groups is 1. The first-order valence-electron chi connectivity index (χ1n) is 24.1. The average molecular weight is 977 g/mol. The first-order valence-corrected chi connectivity index (χ1v) is 24.1. The third kappa shape index (κ3) is 9.11. The zero-order chi connectivity index (χ0) is 48.7. The molecule has 24 nitrogen and oxygen atoms in total. The molecule has 24 heteroatoms. The molecule has 0 aliphatic carbocycles. The van der Waals surface area contributed by atoms with Crippen LogP contribution in [0.2, 0.25) is 0 Å². The molecule has 12 heterocycles. The van der Waals surface area contributed by atoms with Crippen LogP contribution in [0, 0.1) is 17.8 Å². The Balaban J connectivity index is 0.685. The van der Waals surface area contributed by atoms with Crippen LogP contribution in [0.4, 0.5) is 35.3 Å². The zero-order valence-electron chi connectivity index (χ0n) is 39.3. The molecule has 7 N–H and O–H groups in total. The van der Waals surface area contributed by atoms with Crippen molar-refractivity contribution >= 4 is 69.6 Å². The van der Waals surface area contributed by atoms with Crippen LogP contribution in [-0.2, 0) is 18.5 Å². The van der Waals surface area contributed by atoms with Gasteiger partial charge in [0.15, 0.2) is 11.2 Å². The highest BCUT2D eigenvalue weighted by Gasteiger charge is 2.41. The van der Waals surface area contributed by atoms with Gasteiger partial charge in [0.1, 0.15) is 30.0 Å². The molecule has 8 aromatic heterocycles. The number of hydrogen-bond donors (Lipinski definition) is 7. The molecule has 72 heavy (non-hydrogen) atoms. The lowest BCUT2D eigenvalue weighted by atomic mass is 10.0. The molecule has 0 aromatic carbocycles. The largest absolute Gasteiger partial charge is 0.422 e. The van der Waals surface area contributed by atoms with Crippen molar-refractivity contribution in [3.8, 4) is 22.5 Å². The Morgan fingerprint density at radius 2 is 1.35 bits per heavy atom. The SMILES string of the molecule is Cn1cc(-c2cccc(NC(=O)c3cc4oc(NCCOCn5cc(-c6cccc(NC(=O)c7cc8oc(NCCO)nc8nc7N7CC8CNCC8C7)n6)cn5)nc4nc3N3CCC4CNCC43)n2)cn1. The summed E-state index contributed by atoms with van der Waals surface area (Å²) >= 11 is 0. The third-order valence-electron chi connectivity index (χ3n) is 13.7. The van der Waals surface area contributed by atoms with Gasteiger partial charge in [0.05, 0.1) is 48.1 Å². The Labute approximate surface area is 411 Å². The summed E-state index contributed by atoms with van der Waals surface area (Å²) in [5, 5.41) is 37.0. The molecule has 4 fully saturated rings. The van der Waals surface area contributed by atoms with E-state index in [1.807, 2.05) is 43.7 Å². The predicted octanol–water partition coefficient (Wildman–Crippen LogP) is 3.26. The van der Waals surface area contributed by atoms with Crippen molar-refractivity contribution in [2.45, 2.75) is 19.2 Å². The van der Waals surface area contributed by atoms with E-state index < -0.39 is 0 Å². The number of anilines is 6. The van der Waals surface area contributed by atoms with Gasteiger partial charge in [-0.25, -0.2) is 24.6 Å². The van der Waals surface area contributed by atoms with Crippen LogP contribution in [0.5, 0.6) is 0 Å². The number of oxazole rings is 2. The molecule has 370 valence electrons. The molecule has 0 bridgehead atoms. The van der Waals surface area contributed by atoms with Gasteiger partial charge in [0.2, 0.25) is 11.3 Å². The minimum Gasteiger partial charge on any atom is -0.422 e. The number of amides is 2. The van der Waals surface area contributed by atoms with Gasteiger partial charge in [-0.1, -0.05) is 12.1 Å². The second-order valence-electron chi connectivity index (χ2n) is 18.5. The van der Waals surface area contributed by atoms with Crippen LogP contribution >= 0.6 is 0 Å². The number of rotatable bonds is 17.